The Kier molecular flexibility index (Phi) is 9.28. The zero-order chi connectivity index (χ0) is 13.1. The van der Waals surface area contributed by atoms with Gasteiger partial charge in [0.2, 0.25) is 0 Å². The van der Waals surface area contributed by atoms with Crippen LogP contribution in [0.5, 0.6) is 0 Å². The van der Waals surface area contributed by atoms with Gasteiger partial charge in [-0.2, -0.15) is 0 Å². The van der Waals surface area contributed by atoms with Crippen LogP contribution in [0.3, 0.4) is 0 Å². The highest BCUT2D eigenvalue weighted by Crippen LogP contribution is 2.24. The summed E-state index contributed by atoms with van der Waals surface area (Å²) in [6.07, 6.45) is 17.8. The molecular weight excluding hydrogens is 218 g/mol. The first-order valence-electron chi connectivity index (χ1n) is 8.30. The minimum absolute atomic E-state index is 0.688. The van der Waals surface area contributed by atoms with Crippen LogP contribution < -0.4 is 5.32 Å². The van der Waals surface area contributed by atoms with Crippen LogP contribution in [-0.4, -0.2) is 12.6 Å². The van der Waals surface area contributed by atoms with Gasteiger partial charge in [0.05, 0.1) is 0 Å². The van der Waals surface area contributed by atoms with Crippen LogP contribution in [0.4, 0.5) is 0 Å². The van der Waals surface area contributed by atoms with Crippen molar-refractivity contribution in [3.05, 3.63) is 11.6 Å². The smallest absolute Gasteiger partial charge is 0.0279 e. The minimum Gasteiger partial charge on any atom is -0.311 e. The van der Waals surface area contributed by atoms with Gasteiger partial charge in [0.25, 0.3) is 0 Å². The highest BCUT2D eigenvalue weighted by atomic mass is 14.9. The van der Waals surface area contributed by atoms with E-state index in [-0.39, 0.29) is 0 Å². The number of nitrogens with one attached hydrogen (secondary N) is 1. The molecule has 1 aliphatic rings. The van der Waals surface area contributed by atoms with Gasteiger partial charge in [-0.25, -0.2) is 0 Å². The fourth-order valence-electron chi connectivity index (χ4n) is 2.98. The van der Waals surface area contributed by atoms with E-state index in [1.54, 1.807) is 5.57 Å². The van der Waals surface area contributed by atoms with Crippen molar-refractivity contribution in [3.63, 3.8) is 0 Å². The lowest BCUT2D eigenvalue weighted by atomic mass is 9.99. The molecule has 1 atom stereocenters. The molecule has 0 aromatic heterocycles. The molecule has 0 saturated heterocycles. The molecule has 0 spiro atoms. The topological polar surface area (TPSA) is 12.0 Å². The molecule has 1 heteroatoms. The molecular formula is C17H33N. The molecule has 0 fully saturated rings. The van der Waals surface area contributed by atoms with E-state index in [0.29, 0.717) is 6.04 Å². The van der Waals surface area contributed by atoms with Gasteiger partial charge >= 0.3 is 0 Å². The number of rotatable bonds is 11. The van der Waals surface area contributed by atoms with Crippen molar-refractivity contribution >= 4 is 0 Å². The Bertz CT molecular complexity index is 220. The summed E-state index contributed by atoms with van der Waals surface area (Å²) in [5.74, 6) is 0. The van der Waals surface area contributed by atoms with Crippen molar-refractivity contribution in [2.24, 2.45) is 0 Å². The number of hydrogen-bond donors (Lipinski definition) is 1. The third-order valence-corrected chi connectivity index (χ3v) is 4.07. The van der Waals surface area contributed by atoms with Crippen LogP contribution in [-0.2, 0) is 0 Å². The minimum atomic E-state index is 0.688. The predicted octanol–water partition coefficient (Wildman–Crippen LogP) is 5.22. The van der Waals surface area contributed by atoms with Crippen LogP contribution >= 0.6 is 0 Å². The monoisotopic (exact) mass is 251 g/mol. The summed E-state index contributed by atoms with van der Waals surface area (Å²) in [5, 5.41) is 3.67. The van der Waals surface area contributed by atoms with E-state index in [4.69, 9.17) is 0 Å². The fourth-order valence-corrected chi connectivity index (χ4v) is 2.98. The quantitative estimate of drug-likeness (QED) is 0.392. The molecule has 0 aliphatic heterocycles. The first-order valence-corrected chi connectivity index (χ1v) is 8.30. The average molecular weight is 251 g/mol. The van der Waals surface area contributed by atoms with E-state index in [1.165, 1.54) is 70.6 Å². The second-order valence-corrected chi connectivity index (χ2v) is 5.69. The Labute approximate surface area is 114 Å². The third kappa shape index (κ3) is 6.58. The maximum atomic E-state index is 3.67. The molecule has 0 heterocycles. The van der Waals surface area contributed by atoms with E-state index >= 15 is 0 Å². The Morgan fingerprint density at radius 2 is 1.78 bits per heavy atom. The molecule has 1 rings (SSSR count). The van der Waals surface area contributed by atoms with Gasteiger partial charge in [-0.1, -0.05) is 70.4 Å². The summed E-state index contributed by atoms with van der Waals surface area (Å²) in [6.45, 7) is 5.63. The van der Waals surface area contributed by atoms with E-state index < -0.39 is 0 Å². The highest BCUT2D eigenvalue weighted by molar-refractivity contribution is 5.15. The zero-order valence-corrected chi connectivity index (χ0v) is 12.6. The fraction of sp³-hybridized carbons (Fsp3) is 0.882. The predicted molar refractivity (Wildman–Crippen MR) is 82.0 cm³/mol. The van der Waals surface area contributed by atoms with E-state index in [1.807, 2.05) is 0 Å². The van der Waals surface area contributed by atoms with Gasteiger partial charge in [-0.15, -0.1) is 0 Å². The van der Waals surface area contributed by atoms with E-state index in [0.717, 1.165) is 6.54 Å². The summed E-state index contributed by atoms with van der Waals surface area (Å²) in [5.41, 5.74) is 1.70. The molecule has 1 nitrogen and oxygen atoms in total. The Hall–Kier alpha value is -0.300. The van der Waals surface area contributed by atoms with Gasteiger partial charge in [0.15, 0.2) is 0 Å². The largest absolute Gasteiger partial charge is 0.311 e. The zero-order valence-electron chi connectivity index (χ0n) is 12.6. The Morgan fingerprint density at radius 3 is 2.39 bits per heavy atom. The molecule has 0 radical (unpaired) electrons. The normalized spacial score (nSPS) is 16.9. The van der Waals surface area contributed by atoms with Crippen LogP contribution in [0, 0.1) is 0 Å². The number of likely N-dealkylation sites (N-methyl/N-ethyl adjacent to an activating group) is 1. The van der Waals surface area contributed by atoms with Gasteiger partial charge in [0, 0.05) is 6.04 Å². The molecule has 18 heavy (non-hydrogen) atoms. The first kappa shape index (κ1) is 15.8. The Morgan fingerprint density at radius 1 is 1.06 bits per heavy atom. The van der Waals surface area contributed by atoms with Crippen molar-refractivity contribution in [2.75, 3.05) is 6.54 Å². The molecule has 1 aliphatic carbocycles. The SMILES string of the molecule is CCCCCCCCCC(NCC)C1=CCCC1. The van der Waals surface area contributed by atoms with Crippen LogP contribution in [0.25, 0.3) is 0 Å². The van der Waals surface area contributed by atoms with Gasteiger partial charge in [0.1, 0.15) is 0 Å². The van der Waals surface area contributed by atoms with Gasteiger partial charge < -0.3 is 5.32 Å². The molecule has 0 saturated carbocycles. The summed E-state index contributed by atoms with van der Waals surface area (Å²) in [7, 11) is 0. The average Bonchev–Trinajstić information content (AvgIpc) is 2.90. The lowest BCUT2D eigenvalue weighted by molar-refractivity contribution is 0.496. The van der Waals surface area contributed by atoms with Crippen LogP contribution in [0.15, 0.2) is 11.6 Å². The van der Waals surface area contributed by atoms with E-state index in [2.05, 4.69) is 25.2 Å². The van der Waals surface area contributed by atoms with Crippen molar-refractivity contribution in [1.82, 2.24) is 5.32 Å². The van der Waals surface area contributed by atoms with Gasteiger partial charge in [-0.05, 0) is 32.2 Å². The van der Waals surface area contributed by atoms with Crippen molar-refractivity contribution in [2.45, 2.75) is 90.5 Å². The maximum absolute atomic E-state index is 3.67. The van der Waals surface area contributed by atoms with E-state index in [9.17, 15) is 0 Å². The first-order chi connectivity index (χ1) is 8.88. The number of hydrogen-bond acceptors (Lipinski definition) is 1. The van der Waals surface area contributed by atoms with Crippen molar-refractivity contribution in [1.29, 1.82) is 0 Å². The third-order valence-electron chi connectivity index (χ3n) is 4.07. The summed E-state index contributed by atoms with van der Waals surface area (Å²) < 4.78 is 0. The molecule has 1 unspecified atom stereocenters. The molecule has 0 aromatic carbocycles. The second-order valence-electron chi connectivity index (χ2n) is 5.69. The summed E-state index contributed by atoms with van der Waals surface area (Å²) in [6, 6.07) is 0.688. The molecule has 1 N–H and O–H groups in total. The number of allylic oxidation sites excluding steroid dienone is 1. The van der Waals surface area contributed by atoms with Crippen molar-refractivity contribution in [3.8, 4) is 0 Å². The lowest BCUT2D eigenvalue weighted by Crippen LogP contribution is -2.30. The number of unbranched alkanes of at least 4 members (excludes halogenated alkanes) is 6. The molecule has 0 bridgehead atoms. The van der Waals surface area contributed by atoms with Crippen molar-refractivity contribution < 1.29 is 0 Å². The second kappa shape index (κ2) is 10.6. The Balaban J connectivity index is 2.06. The highest BCUT2D eigenvalue weighted by Gasteiger charge is 2.15. The van der Waals surface area contributed by atoms with Gasteiger partial charge in [-0.3, -0.25) is 0 Å². The summed E-state index contributed by atoms with van der Waals surface area (Å²) >= 11 is 0. The molecule has 106 valence electrons. The van der Waals surface area contributed by atoms with Crippen LogP contribution in [0.1, 0.15) is 84.5 Å². The molecule has 0 amide bonds. The maximum Gasteiger partial charge on any atom is 0.0279 e. The lowest BCUT2D eigenvalue weighted by Gasteiger charge is -2.19. The molecule has 0 aromatic rings. The summed E-state index contributed by atoms with van der Waals surface area (Å²) in [4.78, 5) is 0. The van der Waals surface area contributed by atoms with Crippen LogP contribution in [0.2, 0.25) is 0 Å². The standard InChI is InChI=1S/C17H33N/c1-3-5-6-7-8-9-10-15-17(18-4-2)16-13-11-12-14-16/h13,17-18H,3-12,14-15H2,1-2H3.